The van der Waals surface area contributed by atoms with Crippen molar-refractivity contribution in [3.05, 3.63) is 75.1 Å². The van der Waals surface area contributed by atoms with E-state index in [0.29, 0.717) is 19.2 Å². The zero-order chi connectivity index (χ0) is 22.2. The Bertz CT molecular complexity index is 1200. The average molecular weight is 468 g/mol. The van der Waals surface area contributed by atoms with E-state index in [1.807, 2.05) is 41.3 Å². The quantitative estimate of drug-likeness (QED) is 0.465. The minimum Gasteiger partial charge on any atom is -0.488 e. The number of hydrogen-bond donors (Lipinski definition) is 1. The summed E-state index contributed by atoms with van der Waals surface area (Å²) in [5.74, 6) is -0.150. The summed E-state index contributed by atoms with van der Waals surface area (Å²) in [6.07, 6.45) is 4.61. The molecule has 0 unspecified atom stereocenters. The summed E-state index contributed by atoms with van der Waals surface area (Å²) in [5, 5.41) is 9.51. The van der Waals surface area contributed by atoms with E-state index in [2.05, 4.69) is 0 Å². The highest BCUT2D eigenvalue weighted by Crippen LogP contribution is 2.34. The van der Waals surface area contributed by atoms with Crippen molar-refractivity contribution in [3.8, 4) is 16.2 Å². The number of carboxylic acid groups (broad SMARTS) is 1. The molecule has 164 valence electrons. The molecule has 1 saturated carbocycles. The van der Waals surface area contributed by atoms with Crippen molar-refractivity contribution in [2.45, 2.75) is 44.9 Å². The van der Waals surface area contributed by atoms with Crippen molar-refractivity contribution in [2.75, 3.05) is 0 Å². The molecule has 0 bridgehead atoms. The van der Waals surface area contributed by atoms with Gasteiger partial charge in [0.15, 0.2) is 0 Å². The molecule has 3 aromatic rings. The van der Waals surface area contributed by atoms with Crippen molar-refractivity contribution in [2.24, 2.45) is 0 Å². The Morgan fingerprint density at radius 3 is 2.72 bits per heavy atom. The van der Waals surface area contributed by atoms with E-state index in [9.17, 15) is 14.7 Å². The van der Waals surface area contributed by atoms with Crippen molar-refractivity contribution < 1.29 is 19.4 Å². The molecular formula is C25H22ClNO4S. The maximum absolute atomic E-state index is 12.7. The Morgan fingerprint density at radius 1 is 1.12 bits per heavy atom. The number of hydrogen-bond acceptors (Lipinski definition) is 4. The molecule has 2 aliphatic rings. The molecule has 2 heterocycles. The third-order valence-corrected chi connectivity index (χ3v) is 7.64. The molecule has 1 aliphatic carbocycles. The van der Waals surface area contributed by atoms with Gasteiger partial charge in [0.05, 0.1) is 10.6 Å². The van der Waals surface area contributed by atoms with Crippen LogP contribution in [0.4, 0.5) is 0 Å². The topological polar surface area (TPSA) is 66.8 Å². The number of fused-ring (bicyclic) bond motifs is 1. The molecule has 0 saturated heterocycles. The molecule has 32 heavy (non-hydrogen) atoms. The summed E-state index contributed by atoms with van der Waals surface area (Å²) in [7, 11) is 0. The molecule has 5 rings (SSSR count). The lowest BCUT2D eigenvalue weighted by atomic mass is 10.1. The zero-order valence-electron chi connectivity index (χ0n) is 17.3. The van der Waals surface area contributed by atoms with Gasteiger partial charge in [0, 0.05) is 27.9 Å². The second-order valence-corrected chi connectivity index (χ2v) is 9.82. The predicted molar refractivity (Wildman–Crippen MR) is 125 cm³/mol. The Kier molecular flexibility index (Phi) is 5.66. The van der Waals surface area contributed by atoms with E-state index >= 15 is 0 Å². The molecule has 0 atom stereocenters. The van der Waals surface area contributed by atoms with E-state index in [0.717, 1.165) is 45.0 Å². The maximum atomic E-state index is 12.7. The van der Waals surface area contributed by atoms with Crippen LogP contribution in [0.3, 0.4) is 0 Å². The third kappa shape index (κ3) is 4.00. The highest BCUT2D eigenvalue weighted by Gasteiger charge is 2.34. The molecular weight excluding hydrogens is 446 g/mol. The molecule has 7 heteroatoms. The fraction of sp³-hybridized carbons (Fsp3) is 0.280. The average Bonchev–Trinajstić information content (AvgIpc) is 3.53. The Morgan fingerprint density at radius 2 is 1.94 bits per heavy atom. The van der Waals surface area contributed by atoms with Crippen LogP contribution in [0.15, 0.2) is 48.5 Å². The summed E-state index contributed by atoms with van der Waals surface area (Å²) in [5.41, 5.74) is 2.73. The van der Waals surface area contributed by atoms with Crippen molar-refractivity contribution in [1.29, 1.82) is 0 Å². The molecule has 1 aromatic heterocycles. The summed E-state index contributed by atoms with van der Waals surface area (Å²) >= 11 is 7.53. The van der Waals surface area contributed by atoms with Crippen molar-refractivity contribution in [1.82, 2.24) is 4.90 Å². The number of halogens is 1. The second-order valence-electron chi connectivity index (χ2n) is 8.24. The molecule has 0 radical (unpaired) electrons. The van der Waals surface area contributed by atoms with Crippen LogP contribution in [0, 0.1) is 0 Å². The van der Waals surface area contributed by atoms with Gasteiger partial charge >= 0.3 is 5.97 Å². The van der Waals surface area contributed by atoms with Crippen LogP contribution in [-0.2, 0) is 13.2 Å². The standard InChI is InChI=1S/C25H22ClNO4S/c26-22-9-5-15(12-21(22)25(29)30)23-10-7-19(32-23)14-31-18-6-8-20-16(11-18)13-27(24(20)28)17-3-1-2-4-17/h5-12,17H,1-4,13-14H2,(H,29,30). The second kappa shape index (κ2) is 8.60. The van der Waals surface area contributed by atoms with Gasteiger partial charge in [-0.3, -0.25) is 4.79 Å². The van der Waals surface area contributed by atoms with Crippen LogP contribution in [0.2, 0.25) is 5.02 Å². The number of rotatable bonds is 6. The smallest absolute Gasteiger partial charge is 0.337 e. The normalized spacial score (nSPS) is 15.9. The number of carboxylic acids is 1. The molecule has 1 fully saturated rings. The first kappa shape index (κ1) is 21.0. The van der Waals surface area contributed by atoms with E-state index in [4.69, 9.17) is 16.3 Å². The predicted octanol–water partition coefficient (Wildman–Crippen LogP) is 6.24. The fourth-order valence-corrected chi connectivity index (χ4v) is 5.64. The van der Waals surface area contributed by atoms with Gasteiger partial charge in [-0.25, -0.2) is 4.79 Å². The number of thiophene rings is 1. The maximum Gasteiger partial charge on any atom is 0.337 e. The molecule has 1 amide bonds. The van der Waals surface area contributed by atoms with Gasteiger partial charge in [-0.2, -0.15) is 0 Å². The number of benzene rings is 2. The van der Waals surface area contributed by atoms with Crippen LogP contribution in [0.1, 0.15) is 56.8 Å². The summed E-state index contributed by atoms with van der Waals surface area (Å²) in [4.78, 5) is 28.1. The first-order valence-corrected chi connectivity index (χ1v) is 11.9. The fourth-order valence-electron chi connectivity index (χ4n) is 4.53. The Balaban J connectivity index is 1.27. The molecule has 2 aromatic carbocycles. The molecule has 5 nitrogen and oxygen atoms in total. The van der Waals surface area contributed by atoms with Crippen molar-refractivity contribution >= 4 is 34.8 Å². The van der Waals surface area contributed by atoms with Gasteiger partial charge in [0.2, 0.25) is 0 Å². The minimum absolute atomic E-state index is 0.0923. The zero-order valence-corrected chi connectivity index (χ0v) is 18.9. The summed E-state index contributed by atoms with van der Waals surface area (Å²) < 4.78 is 6.01. The highest BCUT2D eigenvalue weighted by atomic mass is 35.5. The first-order chi connectivity index (χ1) is 15.5. The lowest BCUT2D eigenvalue weighted by Gasteiger charge is -2.23. The van der Waals surface area contributed by atoms with E-state index in [-0.39, 0.29) is 16.5 Å². The van der Waals surface area contributed by atoms with Crippen LogP contribution in [0.25, 0.3) is 10.4 Å². The van der Waals surface area contributed by atoms with Gasteiger partial charge in [-0.1, -0.05) is 30.5 Å². The monoisotopic (exact) mass is 467 g/mol. The molecule has 1 N–H and O–H groups in total. The van der Waals surface area contributed by atoms with E-state index in [1.165, 1.54) is 12.8 Å². The van der Waals surface area contributed by atoms with Gasteiger partial charge < -0.3 is 14.7 Å². The lowest BCUT2D eigenvalue weighted by Crippen LogP contribution is -2.33. The number of ether oxygens (including phenoxy) is 1. The number of carbonyl (C=O) groups excluding carboxylic acids is 1. The Labute approximate surface area is 195 Å². The molecule has 0 spiro atoms. The van der Waals surface area contributed by atoms with Crippen molar-refractivity contribution in [3.63, 3.8) is 0 Å². The van der Waals surface area contributed by atoms with Crippen LogP contribution < -0.4 is 4.74 Å². The van der Waals surface area contributed by atoms with Gasteiger partial charge in [-0.05, 0) is 66.4 Å². The number of carbonyl (C=O) groups is 2. The van der Waals surface area contributed by atoms with Gasteiger partial charge in [0.25, 0.3) is 5.91 Å². The highest BCUT2D eigenvalue weighted by molar-refractivity contribution is 7.15. The summed E-state index contributed by atoms with van der Waals surface area (Å²) in [6, 6.07) is 15.1. The number of amides is 1. The number of aromatic carboxylic acids is 1. The third-order valence-electron chi connectivity index (χ3n) is 6.20. The van der Waals surface area contributed by atoms with Gasteiger partial charge in [-0.15, -0.1) is 11.3 Å². The lowest BCUT2D eigenvalue weighted by molar-refractivity contribution is 0.0691. The van der Waals surface area contributed by atoms with E-state index in [1.54, 1.807) is 23.5 Å². The Hall–Kier alpha value is -2.83. The SMILES string of the molecule is O=C(O)c1cc(-c2ccc(COc3ccc4c(c3)CN(C3CCCC3)C4=O)s2)ccc1Cl. The largest absolute Gasteiger partial charge is 0.488 e. The molecule has 1 aliphatic heterocycles. The summed E-state index contributed by atoms with van der Waals surface area (Å²) in [6.45, 7) is 1.07. The van der Waals surface area contributed by atoms with Crippen LogP contribution in [0.5, 0.6) is 5.75 Å². The minimum atomic E-state index is -1.04. The van der Waals surface area contributed by atoms with Gasteiger partial charge in [0.1, 0.15) is 12.4 Å². The van der Waals surface area contributed by atoms with E-state index < -0.39 is 5.97 Å². The van der Waals surface area contributed by atoms with Crippen LogP contribution in [-0.4, -0.2) is 27.9 Å². The van der Waals surface area contributed by atoms with Crippen LogP contribution >= 0.6 is 22.9 Å². The number of nitrogens with zero attached hydrogens (tertiary/aromatic N) is 1. The first-order valence-electron chi connectivity index (χ1n) is 10.7.